The molecule has 0 aliphatic heterocycles. The van der Waals surface area contributed by atoms with E-state index in [-0.39, 0.29) is 17.4 Å². The molecule has 0 fully saturated rings. The summed E-state index contributed by atoms with van der Waals surface area (Å²) in [5.74, 6) is 0.213. The zero-order chi connectivity index (χ0) is 22.6. The smallest absolute Gasteiger partial charge is 0.264 e. The molecule has 31 heavy (non-hydrogen) atoms. The van der Waals surface area contributed by atoms with Crippen LogP contribution in [0.4, 0.5) is 11.4 Å². The van der Waals surface area contributed by atoms with Crippen molar-refractivity contribution in [1.82, 2.24) is 0 Å². The number of nitrogens with one attached hydrogen (secondary N) is 1. The van der Waals surface area contributed by atoms with E-state index < -0.39 is 10.0 Å². The number of anilines is 2. The summed E-state index contributed by atoms with van der Waals surface area (Å²) in [4.78, 5) is 12.5. The van der Waals surface area contributed by atoms with Crippen molar-refractivity contribution in [3.05, 3.63) is 83.4 Å². The summed E-state index contributed by atoms with van der Waals surface area (Å²) in [6.45, 7) is 5.77. The van der Waals surface area contributed by atoms with Crippen LogP contribution in [0.1, 0.15) is 16.7 Å². The number of amides is 1. The van der Waals surface area contributed by atoms with Crippen LogP contribution in [0.3, 0.4) is 0 Å². The Kier molecular flexibility index (Phi) is 6.65. The molecule has 0 aromatic heterocycles. The lowest BCUT2D eigenvalue weighted by molar-refractivity contribution is -0.118. The number of ether oxygens (including phenoxy) is 1. The first kappa shape index (κ1) is 22.4. The van der Waals surface area contributed by atoms with Gasteiger partial charge in [0.15, 0.2) is 6.61 Å². The molecular weight excluding hydrogens is 412 g/mol. The maximum absolute atomic E-state index is 12.7. The summed E-state index contributed by atoms with van der Waals surface area (Å²) in [6.07, 6.45) is 0. The van der Waals surface area contributed by atoms with Crippen LogP contribution in [0.2, 0.25) is 0 Å². The summed E-state index contributed by atoms with van der Waals surface area (Å²) >= 11 is 0. The molecule has 3 rings (SSSR count). The molecule has 0 aliphatic carbocycles. The number of sulfonamides is 1. The van der Waals surface area contributed by atoms with Gasteiger partial charge in [-0.25, -0.2) is 8.42 Å². The minimum Gasteiger partial charge on any atom is -0.484 e. The number of hydrogen-bond donors (Lipinski definition) is 1. The molecule has 0 saturated carbocycles. The zero-order valence-corrected chi connectivity index (χ0v) is 18.9. The Bertz CT molecular complexity index is 1150. The lowest BCUT2D eigenvalue weighted by atomic mass is 10.1. The Morgan fingerprint density at radius 1 is 0.935 bits per heavy atom. The molecule has 0 atom stereocenters. The van der Waals surface area contributed by atoms with Crippen molar-refractivity contribution in [2.45, 2.75) is 25.7 Å². The highest BCUT2D eigenvalue weighted by molar-refractivity contribution is 7.92. The number of aryl methyl sites for hydroxylation is 3. The van der Waals surface area contributed by atoms with E-state index >= 15 is 0 Å². The van der Waals surface area contributed by atoms with Gasteiger partial charge >= 0.3 is 0 Å². The molecular formula is C24H26N2O4S. The second-order valence-electron chi connectivity index (χ2n) is 7.39. The van der Waals surface area contributed by atoms with Crippen LogP contribution in [0.5, 0.6) is 5.75 Å². The van der Waals surface area contributed by atoms with E-state index in [4.69, 9.17) is 4.74 Å². The molecule has 0 unspecified atom stereocenters. The molecule has 0 heterocycles. The van der Waals surface area contributed by atoms with Crippen molar-refractivity contribution < 1.29 is 17.9 Å². The van der Waals surface area contributed by atoms with Crippen molar-refractivity contribution in [3.63, 3.8) is 0 Å². The molecule has 0 bridgehead atoms. The van der Waals surface area contributed by atoms with Crippen molar-refractivity contribution in [1.29, 1.82) is 0 Å². The highest BCUT2D eigenvalue weighted by Crippen LogP contribution is 2.25. The Labute approximate surface area is 183 Å². The van der Waals surface area contributed by atoms with E-state index in [1.54, 1.807) is 54.6 Å². The molecule has 0 saturated heterocycles. The largest absolute Gasteiger partial charge is 0.484 e. The van der Waals surface area contributed by atoms with Gasteiger partial charge in [-0.15, -0.1) is 0 Å². The molecule has 3 aromatic carbocycles. The van der Waals surface area contributed by atoms with Crippen LogP contribution in [0.25, 0.3) is 0 Å². The van der Waals surface area contributed by atoms with E-state index in [0.29, 0.717) is 11.4 Å². The van der Waals surface area contributed by atoms with Gasteiger partial charge < -0.3 is 10.1 Å². The standard InChI is InChI=1S/C24H26N2O4S/c1-17-14-18(2)24(19(3)15-17)25-23(27)16-30-21-12-10-20(11-13-21)26(4)31(28,29)22-8-6-5-7-9-22/h5-15H,16H2,1-4H3,(H,25,27). The first-order chi connectivity index (χ1) is 14.7. The normalized spacial score (nSPS) is 11.1. The number of rotatable bonds is 7. The van der Waals surface area contributed by atoms with Crippen LogP contribution in [0, 0.1) is 20.8 Å². The molecule has 3 aromatic rings. The predicted molar refractivity (Wildman–Crippen MR) is 123 cm³/mol. The molecule has 1 N–H and O–H groups in total. The lowest BCUT2D eigenvalue weighted by Crippen LogP contribution is -2.26. The summed E-state index contributed by atoms with van der Waals surface area (Å²) in [5.41, 5.74) is 4.42. The monoisotopic (exact) mass is 438 g/mol. The fourth-order valence-corrected chi connectivity index (χ4v) is 4.56. The fraction of sp³-hybridized carbons (Fsp3) is 0.208. The van der Waals surface area contributed by atoms with Crippen LogP contribution in [-0.4, -0.2) is 28.0 Å². The second-order valence-corrected chi connectivity index (χ2v) is 9.36. The maximum Gasteiger partial charge on any atom is 0.264 e. The van der Waals surface area contributed by atoms with Gasteiger partial charge in [0.05, 0.1) is 10.6 Å². The quantitative estimate of drug-likeness (QED) is 0.591. The molecule has 1 amide bonds. The Morgan fingerprint density at radius 3 is 2.10 bits per heavy atom. The highest BCUT2D eigenvalue weighted by Gasteiger charge is 2.20. The van der Waals surface area contributed by atoms with E-state index in [0.717, 1.165) is 22.4 Å². The second kappa shape index (κ2) is 9.22. The van der Waals surface area contributed by atoms with Crippen molar-refractivity contribution in [2.24, 2.45) is 0 Å². The van der Waals surface area contributed by atoms with Gasteiger partial charge in [0.1, 0.15) is 5.75 Å². The molecule has 0 spiro atoms. The van der Waals surface area contributed by atoms with Crippen LogP contribution in [-0.2, 0) is 14.8 Å². The van der Waals surface area contributed by atoms with Crippen molar-refractivity contribution >= 4 is 27.3 Å². The summed E-state index contributed by atoms with van der Waals surface area (Å²) in [7, 11) is -2.15. The van der Waals surface area contributed by atoms with Gasteiger partial charge in [0, 0.05) is 12.7 Å². The van der Waals surface area contributed by atoms with Crippen molar-refractivity contribution in [3.8, 4) is 5.75 Å². The van der Waals surface area contributed by atoms with Crippen LogP contribution in [0.15, 0.2) is 71.6 Å². The van der Waals surface area contributed by atoms with Crippen LogP contribution >= 0.6 is 0 Å². The Hall–Kier alpha value is -3.32. The molecule has 0 radical (unpaired) electrons. The SMILES string of the molecule is Cc1cc(C)c(NC(=O)COc2ccc(N(C)S(=O)(=O)c3ccccc3)cc2)c(C)c1. The Morgan fingerprint density at radius 2 is 1.52 bits per heavy atom. The average Bonchev–Trinajstić information content (AvgIpc) is 2.75. The first-order valence-electron chi connectivity index (χ1n) is 9.83. The Balaban J connectivity index is 1.63. The number of benzene rings is 3. The van der Waals surface area contributed by atoms with Gasteiger partial charge in [-0.2, -0.15) is 0 Å². The van der Waals surface area contributed by atoms with E-state index in [1.807, 2.05) is 32.9 Å². The molecule has 6 nitrogen and oxygen atoms in total. The van der Waals surface area contributed by atoms with E-state index in [2.05, 4.69) is 5.32 Å². The van der Waals surface area contributed by atoms with Gasteiger partial charge in [-0.1, -0.05) is 35.9 Å². The molecule has 0 aliphatic rings. The zero-order valence-electron chi connectivity index (χ0n) is 18.0. The van der Waals surface area contributed by atoms with E-state index in [9.17, 15) is 13.2 Å². The van der Waals surface area contributed by atoms with Gasteiger partial charge in [0.25, 0.3) is 15.9 Å². The number of nitrogens with zero attached hydrogens (tertiary/aromatic N) is 1. The van der Waals surface area contributed by atoms with Gasteiger partial charge in [0.2, 0.25) is 0 Å². The third-order valence-corrected chi connectivity index (χ3v) is 6.71. The fourth-order valence-electron chi connectivity index (χ4n) is 3.34. The highest BCUT2D eigenvalue weighted by atomic mass is 32.2. The topological polar surface area (TPSA) is 75.7 Å². The predicted octanol–water partition coefficient (Wildman–Crippen LogP) is 4.45. The summed E-state index contributed by atoms with van der Waals surface area (Å²) in [5, 5.41) is 2.89. The van der Waals surface area contributed by atoms with Gasteiger partial charge in [-0.05, 0) is 68.3 Å². The number of carbonyl (C=O) groups is 1. The number of hydrogen-bond acceptors (Lipinski definition) is 4. The van der Waals surface area contributed by atoms with Gasteiger partial charge in [-0.3, -0.25) is 9.10 Å². The molecule has 162 valence electrons. The summed E-state index contributed by atoms with van der Waals surface area (Å²) in [6, 6.07) is 18.8. The molecule has 7 heteroatoms. The van der Waals surface area contributed by atoms with Crippen molar-refractivity contribution in [2.75, 3.05) is 23.3 Å². The minimum atomic E-state index is -3.65. The summed E-state index contributed by atoms with van der Waals surface area (Å²) < 4.78 is 32.2. The maximum atomic E-state index is 12.7. The third-order valence-electron chi connectivity index (χ3n) is 4.91. The minimum absolute atomic E-state index is 0.149. The van der Waals surface area contributed by atoms with E-state index in [1.165, 1.54) is 11.4 Å². The number of carbonyl (C=O) groups excluding carboxylic acids is 1. The lowest BCUT2D eigenvalue weighted by Gasteiger charge is -2.20. The first-order valence-corrected chi connectivity index (χ1v) is 11.3. The average molecular weight is 439 g/mol. The van der Waals surface area contributed by atoms with Crippen LogP contribution < -0.4 is 14.4 Å². The third kappa shape index (κ3) is 5.24.